The summed E-state index contributed by atoms with van der Waals surface area (Å²) in [6.45, 7) is 1.50. The zero-order chi connectivity index (χ0) is 19.1. The maximum absolute atomic E-state index is 12.2. The van der Waals surface area contributed by atoms with Gasteiger partial charge >= 0.3 is 5.97 Å². The molecule has 138 valence electrons. The van der Waals surface area contributed by atoms with Crippen molar-refractivity contribution in [2.45, 2.75) is 13.0 Å². The number of amides is 1. The summed E-state index contributed by atoms with van der Waals surface area (Å²) < 4.78 is 15.9. The number of para-hydroxylation sites is 1. The predicted molar refractivity (Wildman–Crippen MR) is 95.0 cm³/mol. The number of carboxylic acids is 1. The van der Waals surface area contributed by atoms with Crippen LogP contribution in [0.2, 0.25) is 0 Å². The molecule has 0 saturated heterocycles. The fraction of sp³-hybridized carbons (Fsp3) is 0.263. The average molecular weight is 359 g/mol. The summed E-state index contributed by atoms with van der Waals surface area (Å²) in [6, 6.07) is 11.1. The molecule has 0 heterocycles. The summed E-state index contributed by atoms with van der Waals surface area (Å²) in [5.41, 5.74) is 0.758. The smallest absolute Gasteiger partial charge is 0.339 e. The van der Waals surface area contributed by atoms with Gasteiger partial charge in [0.05, 0.1) is 20.3 Å². The Labute approximate surface area is 151 Å². The number of hydrogen-bond donors (Lipinski definition) is 2. The van der Waals surface area contributed by atoms with Crippen LogP contribution in [-0.2, 0) is 4.79 Å². The lowest BCUT2D eigenvalue weighted by atomic mass is 10.1. The number of methoxy groups -OCH3 is 2. The van der Waals surface area contributed by atoms with Crippen molar-refractivity contribution in [1.82, 2.24) is 5.32 Å². The number of carbonyl (C=O) groups excluding carboxylic acids is 1. The van der Waals surface area contributed by atoms with Crippen LogP contribution in [0.25, 0.3) is 0 Å². The highest BCUT2D eigenvalue weighted by molar-refractivity contribution is 5.91. The van der Waals surface area contributed by atoms with Gasteiger partial charge in [-0.15, -0.1) is 0 Å². The molecule has 1 amide bonds. The van der Waals surface area contributed by atoms with Gasteiger partial charge in [-0.3, -0.25) is 4.79 Å². The number of nitrogens with one attached hydrogen (secondary N) is 1. The highest BCUT2D eigenvalue weighted by Gasteiger charge is 2.17. The molecule has 0 aromatic heterocycles. The monoisotopic (exact) mass is 359 g/mol. The number of hydrogen-bond acceptors (Lipinski definition) is 5. The summed E-state index contributed by atoms with van der Waals surface area (Å²) in [5.74, 6) is -0.0934. The molecular weight excluding hydrogens is 338 g/mol. The van der Waals surface area contributed by atoms with E-state index in [1.807, 2.05) is 0 Å². The van der Waals surface area contributed by atoms with Crippen molar-refractivity contribution in [3.05, 3.63) is 53.6 Å². The van der Waals surface area contributed by atoms with Crippen LogP contribution in [0.3, 0.4) is 0 Å². The van der Waals surface area contributed by atoms with E-state index in [1.54, 1.807) is 51.5 Å². The van der Waals surface area contributed by atoms with Gasteiger partial charge in [0.1, 0.15) is 22.8 Å². The van der Waals surface area contributed by atoms with E-state index in [4.69, 9.17) is 19.3 Å². The van der Waals surface area contributed by atoms with Gasteiger partial charge in [0.15, 0.2) is 6.61 Å². The third-order valence-electron chi connectivity index (χ3n) is 3.76. The van der Waals surface area contributed by atoms with E-state index in [0.29, 0.717) is 11.5 Å². The summed E-state index contributed by atoms with van der Waals surface area (Å²) in [6.07, 6.45) is 0. The first-order chi connectivity index (χ1) is 12.5. The third-order valence-corrected chi connectivity index (χ3v) is 3.76. The van der Waals surface area contributed by atoms with Crippen molar-refractivity contribution in [1.29, 1.82) is 0 Å². The van der Waals surface area contributed by atoms with Crippen LogP contribution in [-0.4, -0.2) is 37.8 Å². The fourth-order valence-corrected chi connectivity index (χ4v) is 2.45. The molecule has 2 aromatic carbocycles. The van der Waals surface area contributed by atoms with Crippen LogP contribution >= 0.6 is 0 Å². The Morgan fingerprint density at radius 2 is 1.81 bits per heavy atom. The highest BCUT2D eigenvalue weighted by atomic mass is 16.5. The van der Waals surface area contributed by atoms with Gasteiger partial charge in [-0.1, -0.05) is 12.1 Å². The van der Waals surface area contributed by atoms with Gasteiger partial charge in [-0.05, 0) is 37.3 Å². The number of ether oxygens (including phenoxy) is 3. The minimum absolute atomic E-state index is 0.00261. The highest BCUT2D eigenvalue weighted by Crippen LogP contribution is 2.29. The maximum atomic E-state index is 12.2. The molecule has 0 radical (unpaired) electrons. The lowest BCUT2D eigenvalue weighted by Crippen LogP contribution is -2.31. The predicted octanol–water partition coefficient (Wildman–Crippen LogP) is 2.66. The molecule has 0 aliphatic heterocycles. The molecule has 2 rings (SSSR count). The van der Waals surface area contributed by atoms with Crippen LogP contribution in [0, 0.1) is 0 Å². The Morgan fingerprint density at radius 3 is 2.46 bits per heavy atom. The van der Waals surface area contributed by atoms with Crippen molar-refractivity contribution in [3.63, 3.8) is 0 Å². The van der Waals surface area contributed by atoms with Gasteiger partial charge in [0.2, 0.25) is 0 Å². The molecule has 0 unspecified atom stereocenters. The molecule has 1 atom stereocenters. The van der Waals surface area contributed by atoms with Crippen molar-refractivity contribution in [3.8, 4) is 17.2 Å². The first-order valence-corrected chi connectivity index (χ1v) is 7.92. The largest absolute Gasteiger partial charge is 0.497 e. The maximum Gasteiger partial charge on any atom is 0.339 e. The van der Waals surface area contributed by atoms with Crippen LogP contribution in [0.4, 0.5) is 0 Å². The normalized spacial score (nSPS) is 11.3. The van der Waals surface area contributed by atoms with E-state index in [1.165, 1.54) is 12.1 Å². The Bertz CT molecular complexity index is 789. The van der Waals surface area contributed by atoms with Gasteiger partial charge in [-0.2, -0.15) is 0 Å². The molecule has 7 nitrogen and oxygen atoms in total. The summed E-state index contributed by atoms with van der Waals surface area (Å²) in [7, 11) is 3.11. The van der Waals surface area contributed by atoms with Crippen molar-refractivity contribution in [2.75, 3.05) is 20.8 Å². The van der Waals surface area contributed by atoms with Crippen LogP contribution in [0.15, 0.2) is 42.5 Å². The van der Waals surface area contributed by atoms with Gasteiger partial charge in [-0.25, -0.2) is 4.79 Å². The zero-order valence-corrected chi connectivity index (χ0v) is 14.8. The summed E-state index contributed by atoms with van der Waals surface area (Å²) >= 11 is 0. The number of carbonyl (C=O) groups is 2. The minimum atomic E-state index is -1.12. The van der Waals surface area contributed by atoms with E-state index in [-0.39, 0.29) is 29.9 Å². The molecule has 0 fully saturated rings. The molecule has 2 aromatic rings. The molecule has 0 spiro atoms. The molecule has 0 aliphatic carbocycles. The van der Waals surface area contributed by atoms with Gasteiger partial charge in [0.25, 0.3) is 5.91 Å². The Hall–Kier alpha value is -3.22. The standard InChI is InChI=1S/C19H21NO6/c1-12(15-10-13(24-2)8-9-16(15)25-3)20-18(21)11-26-17-7-5-4-6-14(17)19(22)23/h4-10,12H,11H2,1-3H3,(H,20,21)(H,22,23)/t12-/m1/s1. The topological polar surface area (TPSA) is 94.1 Å². The molecule has 26 heavy (non-hydrogen) atoms. The van der Waals surface area contributed by atoms with E-state index in [0.717, 1.165) is 5.56 Å². The molecule has 7 heteroatoms. The van der Waals surface area contributed by atoms with Crippen LogP contribution in [0.1, 0.15) is 28.9 Å². The molecule has 2 N–H and O–H groups in total. The molecule has 0 saturated carbocycles. The van der Waals surface area contributed by atoms with E-state index in [2.05, 4.69) is 5.32 Å². The minimum Gasteiger partial charge on any atom is -0.497 e. The van der Waals surface area contributed by atoms with E-state index < -0.39 is 5.97 Å². The van der Waals surface area contributed by atoms with Crippen molar-refractivity contribution < 1.29 is 28.9 Å². The summed E-state index contributed by atoms with van der Waals surface area (Å²) in [5, 5.41) is 11.9. The quantitative estimate of drug-likeness (QED) is 0.753. The first kappa shape index (κ1) is 19.1. The zero-order valence-electron chi connectivity index (χ0n) is 14.8. The molecular formula is C19H21NO6. The Morgan fingerprint density at radius 1 is 1.08 bits per heavy atom. The number of aromatic carboxylic acids is 1. The number of rotatable bonds is 8. The lowest BCUT2D eigenvalue weighted by molar-refractivity contribution is -0.123. The van der Waals surface area contributed by atoms with E-state index in [9.17, 15) is 9.59 Å². The SMILES string of the molecule is COc1ccc(OC)c([C@@H](C)NC(=O)COc2ccccc2C(=O)O)c1. The lowest BCUT2D eigenvalue weighted by Gasteiger charge is -2.18. The Kier molecular flexibility index (Phi) is 6.43. The number of carboxylic acid groups (broad SMARTS) is 1. The van der Waals surface area contributed by atoms with Crippen molar-refractivity contribution >= 4 is 11.9 Å². The van der Waals surface area contributed by atoms with Gasteiger partial charge < -0.3 is 24.6 Å². The fourth-order valence-electron chi connectivity index (χ4n) is 2.45. The molecule has 0 bridgehead atoms. The van der Waals surface area contributed by atoms with Crippen molar-refractivity contribution in [2.24, 2.45) is 0 Å². The molecule has 0 aliphatic rings. The first-order valence-electron chi connectivity index (χ1n) is 7.92. The Balaban J connectivity index is 2.03. The second kappa shape index (κ2) is 8.75. The van der Waals surface area contributed by atoms with E-state index >= 15 is 0 Å². The second-order valence-electron chi connectivity index (χ2n) is 5.49. The summed E-state index contributed by atoms with van der Waals surface area (Å²) in [4.78, 5) is 23.3. The third kappa shape index (κ3) is 4.66. The van der Waals surface area contributed by atoms with Crippen LogP contribution < -0.4 is 19.5 Å². The van der Waals surface area contributed by atoms with Gasteiger partial charge in [0, 0.05) is 5.56 Å². The number of benzene rings is 2. The average Bonchev–Trinajstić information content (AvgIpc) is 2.65. The van der Waals surface area contributed by atoms with Crippen LogP contribution in [0.5, 0.6) is 17.2 Å². The second-order valence-corrected chi connectivity index (χ2v) is 5.49.